The zero-order valence-electron chi connectivity index (χ0n) is 18.3. The average Bonchev–Trinajstić information content (AvgIpc) is 3.00. The van der Waals surface area contributed by atoms with Gasteiger partial charge in [0, 0.05) is 13.6 Å². The number of nitrogens with zero attached hydrogens (tertiary/aromatic N) is 3. The van der Waals surface area contributed by atoms with E-state index in [4.69, 9.17) is 4.74 Å². The number of aromatic nitrogens is 2. The summed E-state index contributed by atoms with van der Waals surface area (Å²) in [5.74, 6) is 1.65. The zero-order valence-corrected chi connectivity index (χ0v) is 19.8. The van der Waals surface area contributed by atoms with Crippen LogP contribution in [-0.4, -0.2) is 34.0 Å². The summed E-state index contributed by atoms with van der Waals surface area (Å²) in [4.78, 5) is 15.3. The fraction of sp³-hybridized carbons (Fsp3) is 0.400. The first kappa shape index (κ1) is 21.9. The number of hydrogen-bond donors (Lipinski definition) is 0. The molecule has 6 heteroatoms. The van der Waals surface area contributed by atoms with Crippen LogP contribution in [0.3, 0.4) is 0 Å². The van der Waals surface area contributed by atoms with E-state index in [0.29, 0.717) is 10.4 Å². The molecule has 0 amide bonds. The van der Waals surface area contributed by atoms with Crippen LogP contribution in [-0.2, 0) is 13.6 Å². The van der Waals surface area contributed by atoms with Crippen LogP contribution in [0.15, 0.2) is 63.9 Å². The normalized spacial score (nSPS) is 15.3. The predicted octanol–water partition coefficient (Wildman–Crippen LogP) is 4.93. The van der Waals surface area contributed by atoms with Gasteiger partial charge in [0.05, 0.1) is 18.0 Å². The number of ether oxygens (including phenoxy) is 1. The molecule has 5 nitrogen and oxygen atoms in total. The maximum absolute atomic E-state index is 12.8. The lowest BCUT2D eigenvalue weighted by Gasteiger charge is -2.32. The van der Waals surface area contributed by atoms with E-state index in [0.717, 1.165) is 49.8 Å². The molecule has 0 N–H and O–H groups in total. The van der Waals surface area contributed by atoms with Gasteiger partial charge in [0.15, 0.2) is 0 Å². The van der Waals surface area contributed by atoms with Crippen molar-refractivity contribution in [3.8, 4) is 11.4 Å². The van der Waals surface area contributed by atoms with Crippen LogP contribution in [0.5, 0.6) is 5.75 Å². The third-order valence-electron chi connectivity index (χ3n) is 6.22. The van der Waals surface area contributed by atoms with E-state index in [1.165, 1.54) is 18.4 Å². The Labute approximate surface area is 192 Å². The van der Waals surface area contributed by atoms with Crippen molar-refractivity contribution in [2.24, 2.45) is 13.0 Å². The lowest BCUT2D eigenvalue weighted by Crippen LogP contribution is -2.34. The molecule has 0 saturated carbocycles. The minimum absolute atomic E-state index is 0.00756. The second-order valence-electron chi connectivity index (χ2n) is 8.41. The Kier molecular flexibility index (Phi) is 6.98. The van der Waals surface area contributed by atoms with Crippen LogP contribution in [0.2, 0.25) is 0 Å². The van der Waals surface area contributed by atoms with E-state index in [-0.39, 0.29) is 5.56 Å². The molecule has 2 heterocycles. The summed E-state index contributed by atoms with van der Waals surface area (Å²) >= 11 is 3.55. The van der Waals surface area contributed by atoms with Gasteiger partial charge in [0.1, 0.15) is 10.2 Å². The number of likely N-dealkylation sites (tertiary alicyclic amines) is 1. The van der Waals surface area contributed by atoms with Gasteiger partial charge >= 0.3 is 0 Å². The SMILES string of the molecule is Cc1ccc(OCCC2CCN(Cc3c(Br)c(=O)n(-c4ccccc4)n3C)CC2)cc1. The summed E-state index contributed by atoms with van der Waals surface area (Å²) in [6.45, 7) is 5.73. The predicted molar refractivity (Wildman–Crippen MR) is 128 cm³/mol. The molecule has 4 rings (SSSR count). The van der Waals surface area contributed by atoms with Crippen molar-refractivity contribution < 1.29 is 4.74 Å². The van der Waals surface area contributed by atoms with E-state index in [1.54, 1.807) is 4.68 Å². The maximum Gasteiger partial charge on any atom is 0.286 e. The van der Waals surface area contributed by atoms with Gasteiger partial charge in [0.2, 0.25) is 0 Å². The van der Waals surface area contributed by atoms with Gasteiger partial charge in [0.25, 0.3) is 5.56 Å². The van der Waals surface area contributed by atoms with Gasteiger partial charge in [-0.25, -0.2) is 4.68 Å². The number of halogens is 1. The van der Waals surface area contributed by atoms with Crippen LogP contribution in [0.25, 0.3) is 5.69 Å². The van der Waals surface area contributed by atoms with Crippen LogP contribution >= 0.6 is 15.9 Å². The minimum Gasteiger partial charge on any atom is -0.494 e. The van der Waals surface area contributed by atoms with Crippen molar-refractivity contribution in [2.45, 2.75) is 32.7 Å². The molecule has 31 heavy (non-hydrogen) atoms. The summed E-state index contributed by atoms with van der Waals surface area (Å²) in [5, 5.41) is 0. The van der Waals surface area contributed by atoms with E-state index in [1.807, 2.05) is 54.2 Å². The van der Waals surface area contributed by atoms with E-state index >= 15 is 0 Å². The standard InChI is InChI=1S/C25H30BrN3O2/c1-19-8-10-22(11-9-19)31-17-14-20-12-15-28(16-13-20)18-23-24(26)25(30)29(27(23)2)21-6-4-3-5-7-21/h3-11,20H,12-18H2,1-2H3. The van der Waals surface area contributed by atoms with Crippen LogP contribution < -0.4 is 10.3 Å². The van der Waals surface area contributed by atoms with Crippen LogP contribution in [0.4, 0.5) is 0 Å². The summed E-state index contributed by atoms with van der Waals surface area (Å²) in [6.07, 6.45) is 3.43. The van der Waals surface area contributed by atoms with Crippen molar-refractivity contribution in [3.05, 3.63) is 80.7 Å². The molecule has 2 aromatic carbocycles. The average molecular weight is 484 g/mol. The van der Waals surface area contributed by atoms with Crippen molar-refractivity contribution in [3.63, 3.8) is 0 Å². The fourth-order valence-electron chi connectivity index (χ4n) is 4.27. The largest absolute Gasteiger partial charge is 0.494 e. The van der Waals surface area contributed by atoms with Crippen molar-refractivity contribution in [1.82, 2.24) is 14.3 Å². The number of aryl methyl sites for hydroxylation is 1. The molecular formula is C25H30BrN3O2. The van der Waals surface area contributed by atoms with E-state index in [2.05, 4.69) is 39.9 Å². The van der Waals surface area contributed by atoms with Gasteiger partial charge < -0.3 is 4.74 Å². The highest BCUT2D eigenvalue weighted by molar-refractivity contribution is 9.10. The fourth-order valence-corrected chi connectivity index (χ4v) is 4.82. The third-order valence-corrected chi connectivity index (χ3v) is 7.02. The summed E-state index contributed by atoms with van der Waals surface area (Å²) in [5.41, 5.74) is 3.15. The second-order valence-corrected chi connectivity index (χ2v) is 9.20. The highest BCUT2D eigenvalue weighted by Crippen LogP contribution is 2.24. The number of hydrogen-bond acceptors (Lipinski definition) is 3. The highest BCUT2D eigenvalue weighted by atomic mass is 79.9. The Bertz CT molecular complexity index is 1050. The Morgan fingerprint density at radius 2 is 1.71 bits per heavy atom. The first-order valence-electron chi connectivity index (χ1n) is 11.0. The van der Waals surface area contributed by atoms with Crippen LogP contribution in [0.1, 0.15) is 30.5 Å². The Hall–Kier alpha value is -2.31. The second kappa shape index (κ2) is 9.88. The molecule has 0 spiro atoms. The van der Waals surface area contributed by atoms with Gasteiger partial charge in [-0.15, -0.1) is 0 Å². The number of benzene rings is 2. The van der Waals surface area contributed by atoms with Gasteiger partial charge in [-0.1, -0.05) is 35.9 Å². The Morgan fingerprint density at radius 3 is 2.39 bits per heavy atom. The Morgan fingerprint density at radius 1 is 1.03 bits per heavy atom. The van der Waals surface area contributed by atoms with Crippen LogP contribution in [0, 0.1) is 12.8 Å². The molecule has 0 aliphatic carbocycles. The number of para-hydroxylation sites is 1. The molecule has 0 radical (unpaired) electrons. The summed E-state index contributed by atoms with van der Waals surface area (Å²) < 4.78 is 10.3. The molecule has 1 aliphatic heterocycles. The quantitative estimate of drug-likeness (QED) is 0.478. The van der Waals surface area contributed by atoms with Gasteiger partial charge in [-0.05, 0) is 85.4 Å². The number of rotatable bonds is 7. The first-order valence-corrected chi connectivity index (χ1v) is 11.8. The Balaban J connectivity index is 1.31. The molecular weight excluding hydrogens is 454 g/mol. The molecule has 3 aromatic rings. The zero-order chi connectivity index (χ0) is 21.8. The molecule has 1 fully saturated rings. The molecule has 1 aliphatic rings. The maximum atomic E-state index is 12.8. The third kappa shape index (κ3) is 5.13. The first-order chi connectivity index (χ1) is 15.0. The van der Waals surface area contributed by atoms with E-state index < -0.39 is 0 Å². The van der Waals surface area contributed by atoms with Crippen molar-refractivity contribution >= 4 is 15.9 Å². The summed E-state index contributed by atoms with van der Waals surface area (Å²) in [6, 6.07) is 18.1. The highest BCUT2D eigenvalue weighted by Gasteiger charge is 2.23. The lowest BCUT2D eigenvalue weighted by molar-refractivity contribution is 0.154. The monoisotopic (exact) mass is 483 g/mol. The molecule has 0 atom stereocenters. The molecule has 0 bridgehead atoms. The molecule has 1 aromatic heterocycles. The van der Waals surface area contributed by atoms with E-state index in [9.17, 15) is 4.79 Å². The minimum atomic E-state index is -0.00756. The van der Waals surface area contributed by atoms with Gasteiger partial charge in [-0.2, -0.15) is 0 Å². The topological polar surface area (TPSA) is 39.4 Å². The number of piperidine rings is 1. The summed E-state index contributed by atoms with van der Waals surface area (Å²) in [7, 11) is 1.96. The molecule has 0 unspecified atom stereocenters. The van der Waals surface area contributed by atoms with Gasteiger partial charge in [-0.3, -0.25) is 14.4 Å². The van der Waals surface area contributed by atoms with Crippen molar-refractivity contribution in [1.29, 1.82) is 0 Å². The molecule has 164 valence electrons. The van der Waals surface area contributed by atoms with Crippen molar-refractivity contribution in [2.75, 3.05) is 19.7 Å². The molecule has 1 saturated heterocycles. The smallest absolute Gasteiger partial charge is 0.286 e. The lowest BCUT2D eigenvalue weighted by atomic mass is 9.94.